The molecule has 1 fully saturated rings. The zero-order valence-electron chi connectivity index (χ0n) is 14.0. The summed E-state index contributed by atoms with van der Waals surface area (Å²) in [5.74, 6) is -3.40. The van der Waals surface area contributed by atoms with Gasteiger partial charge in [0.15, 0.2) is 12.2 Å². The van der Waals surface area contributed by atoms with E-state index in [1.165, 1.54) is 7.11 Å². The first-order valence-corrected chi connectivity index (χ1v) is 9.39. The number of ether oxygens (including phenoxy) is 3. The third-order valence-electron chi connectivity index (χ3n) is 3.64. The lowest BCUT2D eigenvalue weighted by Gasteiger charge is -2.24. The molecule has 136 valence electrons. The summed E-state index contributed by atoms with van der Waals surface area (Å²) in [6.45, 7) is 2.28. The second-order valence-corrected chi connectivity index (χ2v) is 8.17. The van der Waals surface area contributed by atoms with E-state index in [0.717, 1.165) is 13.8 Å². The van der Waals surface area contributed by atoms with Gasteiger partial charge in [-0.1, -0.05) is 18.2 Å². The molecule has 25 heavy (non-hydrogen) atoms. The maximum absolute atomic E-state index is 12.9. The summed E-state index contributed by atoms with van der Waals surface area (Å²) < 4.78 is 33.5. The molecule has 0 amide bonds. The summed E-state index contributed by atoms with van der Waals surface area (Å²) in [4.78, 5) is 35.0. The molecule has 1 aliphatic rings. The van der Waals surface area contributed by atoms with Crippen LogP contribution in [-0.2, 0) is 32.9 Å². The lowest BCUT2D eigenvalue weighted by Crippen LogP contribution is -2.39. The second-order valence-electron chi connectivity index (χ2n) is 5.48. The van der Waals surface area contributed by atoms with Gasteiger partial charge in [0.1, 0.15) is 0 Å². The van der Waals surface area contributed by atoms with E-state index < -0.39 is 43.3 Å². The molecular weight excluding hydrogens is 351 g/mol. The first-order valence-electron chi connectivity index (χ1n) is 7.52. The van der Waals surface area contributed by atoms with Gasteiger partial charge in [0, 0.05) is 21.0 Å². The normalized spacial score (nSPS) is 28.2. The molecule has 1 aromatic carbocycles. The topological polar surface area (TPSA) is 105 Å². The molecule has 8 nitrogen and oxygen atoms in total. The van der Waals surface area contributed by atoms with E-state index in [2.05, 4.69) is 0 Å². The van der Waals surface area contributed by atoms with Crippen molar-refractivity contribution in [2.75, 3.05) is 13.3 Å². The maximum Gasteiger partial charge on any atom is 0.338 e. The molecule has 0 spiro atoms. The van der Waals surface area contributed by atoms with E-state index in [1.54, 1.807) is 30.3 Å². The SMILES string of the molecule is CO[P@@]1(=O)C[C@H](OC(=O)c2ccccc2)[C@H](OC(C)=O)[C@@H]1OC(C)=O. The quantitative estimate of drug-likeness (QED) is 0.440. The van der Waals surface area contributed by atoms with E-state index in [0.29, 0.717) is 0 Å². The highest BCUT2D eigenvalue weighted by atomic mass is 31.2. The van der Waals surface area contributed by atoms with Crippen molar-refractivity contribution in [2.45, 2.75) is 31.9 Å². The van der Waals surface area contributed by atoms with Gasteiger partial charge >= 0.3 is 17.9 Å². The largest absolute Gasteiger partial charge is 0.454 e. The molecular formula is C16H19O8P. The number of hydrogen-bond acceptors (Lipinski definition) is 8. The monoisotopic (exact) mass is 370 g/mol. The lowest BCUT2D eigenvalue weighted by atomic mass is 10.2. The second kappa shape index (κ2) is 7.80. The van der Waals surface area contributed by atoms with Crippen molar-refractivity contribution in [3.8, 4) is 0 Å². The van der Waals surface area contributed by atoms with Gasteiger partial charge in [0.05, 0.1) is 11.7 Å². The van der Waals surface area contributed by atoms with Crippen molar-refractivity contribution in [2.24, 2.45) is 0 Å². The van der Waals surface area contributed by atoms with E-state index in [4.69, 9.17) is 18.7 Å². The molecule has 1 aliphatic heterocycles. The van der Waals surface area contributed by atoms with Gasteiger partial charge in [-0.05, 0) is 12.1 Å². The van der Waals surface area contributed by atoms with Crippen LogP contribution in [-0.4, -0.2) is 49.2 Å². The van der Waals surface area contributed by atoms with Gasteiger partial charge < -0.3 is 18.7 Å². The average Bonchev–Trinajstić information content (AvgIpc) is 2.80. The molecule has 0 radical (unpaired) electrons. The van der Waals surface area contributed by atoms with Crippen molar-refractivity contribution >= 4 is 25.3 Å². The van der Waals surface area contributed by atoms with E-state index in [9.17, 15) is 18.9 Å². The summed E-state index contributed by atoms with van der Waals surface area (Å²) in [5.41, 5.74) is 0.285. The standard InChI is InChI=1S/C16H19O8P/c1-10(17)22-14-13(24-15(19)12-7-5-4-6-8-12)9-25(20,21-3)16(14)23-11(2)18/h4-8,13-14,16H,9H2,1-3H3/t13-,14-,16+,25-/m0/s1. The Labute approximate surface area is 144 Å². The van der Waals surface area contributed by atoms with Crippen LogP contribution in [0.15, 0.2) is 30.3 Å². The van der Waals surface area contributed by atoms with Crippen LogP contribution in [0.25, 0.3) is 0 Å². The Hall–Kier alpha value is -2.18. The van der Waals surface area contributed by atoms with Gasteiger partial charge in [0.2, 0.25) is 13.2 Å². The van der Waals surface area contributed by atoms with Gasteiger partial charge in [-0.3, -0.25) is 14.2 Å². The summed E-state index contributed by atoms with van der Waals surface area (Å²) in [7, 11) is -2.33. The van der Waals surface area contributed by atoms with Crippen LogP contribution in [0.5, 0.6) is 0 Å². The lowest BCUT2D eigenvalue weighted by molar-refractivity contribution is -0.164. The Morgan fingerprint density at radius 3 is 2.12 bits per heavy atom. The molecule has 1 aromatic rings. The minimum atomic E-state index is -3.53. The fraction of sp³-hybridized carbons (Fsp3) is 0.438. The number of hydrogen-bond donors (Lipinski definition) is 0. The molecule has 1 heterocycles. The van der Waals surface area contributed by atoms with Crippen LogP contribution in [0.4, 0.5) is 0 Å². The molecule has 0 bridgehead atoms. The number of rotatable bonds is 5. The van der Waals surface area contributed by atoms with Crippen molar-refractivity contribution < 1.29 is 37.7 Å². The van der Waals surface area contributed by atoms with Crippen molar-refractivity contribution in [1.29, 1.82) is 0 Å². The summed E-state index contributed by atoms with van der Waals surface area (Å²) in [6.07, 6.45) is -2.50. The Morgan fingerprint density at radius 2 is 1.60 bits per heavy atom. The third-order valence-corrected chi connectivity index (χ3v) is 6.30. The van der Waals surface area contributed by atoms with E-state index in [-0.39, 0.29) is 11.7 Å². The fourth-order valence-corrected chi connectivity index (χ4v) is 4.93. The number of esters is 3. The van der Waals surface area contributed by atoms with Crippen molar-refractivity contribution in [3.05, 3.63) is 35.9 Å². The highest BCUT2D eigenvalue weighted by Gasteiger charge is 2.57. The maximum atomic E-state index is 12.9. The van der Waals surface area contributed by atoms with E-state index >= 15 is 0 Å². The van der Waals surface area contributed by atoms with Crippen LogP contribution in [0.1, 0.15) is 24.2 Å². The summed E-state index contributed by atoms with van der Waals surface area (Å²) >= 11 is 0. The first kappa shape index (κ1) is 19.1. The molecule has 2 rings (SSSR count). The fourth-order valence-electron chi connectivity index (χ4n) is 2.57. The van der Waals surface area contributed by atoms with Crippen LogP contribution in [0.2, 0.25) is 0 Å². The zero-order valence-corrected chi connectivity index (χ0v) is 14.9. The Balaban J connectivity index is 2.28. The molecule has 0 N–H and O–H groups in total. The van der Waals surface area contributed by atoms with Crippen LogP contribution >= 0.6 is 7.37 Å². The summed E-state index contributed by atoms with van der Waals surface area (Å²) in [6, 6.07) is 8.17. The van der Waals surface area contributed by atoms with Gasteiger partial charge in [-0.25, -0.2) is 4.79 Å². The Morgan fingerprint density at radius 1 is 1.00 bits per heavy atom. The Bertz CT molecular complexity index is 701. The minimum Gasteiger partial charge on any atom is -0.454 e. The molecule has 0 aromatic heterocycles. The average molecular weight is 370 g/mol. The van der Waals surface area contributed by atoms with Crippen molar-refractivity contribution in [3.63, 3.8) is 0 Å². The molecule has 0 unspecified atom stereocenters. The molecule has 1 saturated heterocycles. The van der Waals surface area contributed by atoms with E-state index in [1.807, 2.05) is 0 Å². The van der Waals surface area contributed by atoms with Gasteiger partial charge in [-0.15, -0.1) is 0 Å². The zero-order chi connectivity index (χ0) is 18.6. The first-order chi connectivity index (χ1) is 11.8. The van der Waals surface area contributed by atoms with Crippen molar-refractivity contribution in [1.82, 2.24) is 0 Å². The molecule has 9 heteroatoms. The van der Waals surface area contributed by atoms with Gasteiger partial charge in [-0.2, -0.15) is 0 Å². The molecule has 4 atom stereocenters. The number of benzene rings is 1. The predicted molar refractivity (Wildman–Crippen MR) is 86.2 cm³/mol. The predicted octanol–water partition coefficient (Wildman–Crippen LogP) is 1.97. The van der Waals surface area contributed by atoms with Crippen LogP contribution in [0, 0.1) is 0 Å². The summed E-state index contributed by atoms with van der Waals surface area (Å²) in [5, 5.41) is 0. The molecule has 0 saturated carbocycles. The highest BCUT2D eigenvalue weighted by Crippen LogP contribution is 2.60. The molecule has 0 aliphatic carbocycles. The highest BCUT2D eigenvalue weighted by molar-refractivity contribution is 7.60. The minimum absolute atomic E-state index is 0.224. The third kappa shape index (κ3) is 4.46. The van der Waals surface area contributed by atoms with Gasteiger partial charge in [0.25, 0.3) is 0 Å². The Kier molecular flexibility index (Phi) is 5.98. The number of carbonyl (C=O) groups excluding carboxylic acids is 3. The number of carbonyl (C=O) groups is 3. The smallest absolute Gasteiger partial charge is 0.338 e. The van der Waals surface area contributed by atoms with Crippen LogP contribution < -0.4 is 0 Å². The van der Waals surface area contributed by atoms with Crippen LogP contribution in [0.3, 0.4) is 0 Å².